The third-order valence-electron chi connectivity index (χ3n) is 9.26. The Morgan fingerprint density at radius 2 is 1.56 bits per heavy atom. The summed E-state index contributed by atoms with van der Waals surface area (Å²) in [6.45, 7) is 5.99. The number of amides is 2. The van der Waals surface area contributed by atoms with Crippen LogP contribution >= 0.6 is 11.8 Å². The van der Waals surface area contributed by atoms with Crippen LogP contribution in [0.1, 0.15) is 50.3 Å². The molecule has 3 heterocycles. The number of fused-ring (bicyclic) bond motifs is 1. The highest BCUT2D eigenvalue weighted by molar-refractivity contribution is 7.98. The average Bonchev–Trinajstić information content (AvgIpc) is 3.15. The zero-order chi connectivity index (χ0) is 39.5. The summed E-state index contributed by atoms with van der Waals surface area (Å²) in [5.41, 5.74) is 0.651. The molecule has 0 bridgehead atoms. The summed E-state index contributed by atoms with van der Waals surface area (Å²) in [5.74, 6) is -2.32. The first kappa shape index (κ1) is 39.5. The number of hydrogen-bond donors (Lipinski definition) is 0. The molecule has 1 fully saturated rings. The Balaban J connectivity index is 1.29. The van der Waals surface area contributed by atoms with Crippen molar-refractivity contribution in [3.63, 3.8) is 0 Å². The minimum Gasteiger partial charge on any atom is -0.444 e. The Morgan fingerprint density at radius 3 is 2.20 bits per heavy atom. The molecule has 14 heteroatoms. The van der Waals surface area contributed by atoms with E-state index >= 15 is 0 Å². The van der Waals surface area contributed by atoms with Crippen molar-refractivity contribution >= 4 is 34.8 Å². The summed E-state index contributed by atoms with van der Waals surface area (Å²) in [4.78, 5) is 48.4. The monoisotopic (exact) mass is 778 g/mol. The van der Waals surface area contributed by atoms with Crippen molar-refractivity contribution in [1.29, 1.82) is 0 Å². The molecule has 2 amide bonds. The van der Waals surface area contributed by atoms with Crippen LogP contribution in [0.15, 0.2) is 101 Å². The number of carbonyl (C=O) groups is 2. The van der Waals surface area contributed by atoms with Gasteiger partial charge < -0.3 is 19.1 Å². The molecule has 1 saturated heterocycles. The topological polar surface area (TPSA) is 84.7 Å². The maximum Gasteiger partial charge on any atom is 0.416 e. The van der Waals surface area contributed by atoms with Gasteiger partial charge in [-0.05, 0) is 80.6 Å². The second-order valence-electron chi connectivity index (χ2n) is 14.3. The van der Waals surface area contributed by atoms with Gasteiger partial charge in [-0.1, -0.05) is 48.5 Å². The predicted molar refractivity (Wildman–Crippen MR) is 200 cm³/mol. The van der Waals surface area contributed by atoms with Crippen LogP contribution in [0.2, 0.25) is 0 Å². The van der Waals surface area contributed by atoms with Crippen LogP contribution in [0.4, 0.5) is 26.7 Å². The molecule has 0 N–H and O–H groups in total. The Kier molecular flexibility index (Phi) is 11.6. The number of carbonyl (C=O) groups excluding carboxylic acids is 2. The lowest BCUT2D eigenvalue weighted by molar-refractivity contribution is -0.138. The summed E-state index contributed by atoms with van der Waals surface area (Å²) in [5, 5.41) is 0.626. The van der Waals surface area contributed by atoms with Gasteiger partial charge in [-0.25, -0.2) is 18.6 Å². The first-order chi connectivity index (χ1) is 26.1. The number of rotatable bonds is 9. The molecule has 0 unspecified atom stereocenters. The molecule has 0 spiro atoms. The van der Waals surface area contributed by atoms with Crippen molar-refractivity contribution in [2.45, 2.75) is 75.3 Å². The van der Waals surface area contributed by atoms with E-state index in [1.54, 1.807) is 59.4 Å². The normalized spacial score (nSPS) is 13.9. The van der Waals surface area contributed by atoms with Crippen LogP contribution in [0.3, 0.4) is 0 Å². The number of pyridine rings is 2. The first-order valence-electron chi connectivity index (χ1n) is 17.7. The maximum absolute atomic E-state index is 14.6. The molecule has 1 aliphatic heterocycles. The highest BCUT2D eigenvalue weighted by Gasteiger charge is 2.33. The molecule has 2 aromatic heterocycles. The Labute approximate surface area is 318 Å². The number of ether oxygens (including phenoxy) is 1. The first-order valence-corrected chi connectivity index (χ1v) is 18.6. The van der Waals surface area contributed by atoms with E-state index in [9.17, 15) is 36.3 Å². The lowest BCUT2D eigenvalue weighted by atomic mass is 10.00. The van der Waals surface area contributed by atoms with Gasteiger partial charge in [-0.2, -0.15) is 13.2 Å². The standard InChI is InChI=1S/C41H39F5N4O4S/c1-40(2,3)54-39(53)48-20-17-31(18-21-48)49(23-26-9-11-27(12-10-26)28-13-15-30(16-14-28)41(44,45)46)35(52)24-50-36(22-34(51)32-7-5-19-47-38(32)50)55-25-29-6-4-8-33(42)37(29)43/h4-16,19,22,31H,17-18,20-21,23-25H2,1-3H3. The van der Waals surface area contributed by atoms with E-state index in [-0.39, 0.29) is 52.8 Å². The largest absolute Gasteiger partial charge is 0.444 e. The maximum atomic E-state index is 14.6. The lowest BCUT2D eigenvalue weighted by Gasteiger charge is -2.39. The minimum atomic E-state index is -4.45. The molecule has 0 atom stereocenters. The molecular formula is C41H39F5N4O4S. The number of halogens is 5. The molecule has 8 nitrogen and oxygen atoms in total. The minimum absolute atomic E-state index is 0.0202. The van der Waals surface area contributed by atoms with E-state index in [0.717, 1.165) is 35.5 Å². The molecule has 288 valence electrons. The van der Waals surface area contributed by atoms with Gasteiger partial charge in [0.15, 0.2) is 17.1 Å². The molecule has 3 aromatic carbocycles. The van der Waals surface area contributed by atoms with Gasteiger partial charge in [0.25, 0.3) is 0 Å². The SMILES string of the molecule is CC(C)(C)OC(=O)N1CCC(N(Cc2ccc(-c3ccc(C(F)(F)F)cc3)cc2)C(=O)Cn2c(SCc3cccc(F)c3F)cc(=O)c3cccnc32)CC1. The van der Waals surface area contributed by atoms with Gasteiger partial charge in [0, 0.05) is 49.3 Å². The molecule has 0 saturated carbocycles. The second kappa shape index (κ2) is 16.2. The summed E-state index contributed by atoms with van der Waals surface area (Å²) >= 11 is 1.08. The van der Waals surface area contributed by atoms with Gasteiger partial charge in [0.1, 0.15) is 17.8 Å². The average molecular weight is 779 g/mol. The fourth-order valence-corrected chi connectivity index (χ4v) is 7.47. The number of benzene rings is 3. The quantitative estimate of drug-likeness (QED) is 0.110. The van der Waals surface area contributed by atoms with Crippen molar-refractivity contribution < 1.29 is 36.3 Å². The van der Waals surface area contributed by atoms with Crippen molar-refractivity contribution in [2.75, 3.05) is 13.1 Å². The summed E-state index contributed by atoms with van der Waals surface area (Å²) < 4.78 is 75.2. The van der Waals surface area contributed by atoms with Crippen LogP contribution in [0.25, 0.3) is 22.2 Å². The molecule has 6 rings (SSSR count). The van der Waals surface area contributed by atoms with E-state index in [0.29, 0.717) is 42.1 Å². The van der Waals surface area contributed by atoms with Crippen LogP contribution in [-0.4, -0.2) is 56.1 Å². The van der Waals surface area contributed by atoms with E-state index < -0.39 is 35.1 Å². The Hall–Kier alpha value is -5.24. The van der Waals surface area contributed by atoms with Crippen LogP contribution in [-0.2, 0) is 34.6 Å². The number of thioether (sulfide) groups is 1. The second-order valence-corrected chi connectivity index (χ2v) is 15.3. The number of aromatic nitrogens is 2. The smallest absolute Gasteiger partial charge is 0.416 e. The Morgan fingerprint density at radius 1 is 0.909 bits per heavy atom. The predicted octanol–water partition coefficient (Wildman–Crippen LogP) is 9.08. The van der Waals surface area contributed by atoms with Crippen molar-refractivity contribution in [3.05, 3.63) is 130 Å². The van der Waals surface area contributed by atoms with Crippen LogP contribution < -0.4 is 5.43 Å². The van der Waals surface area contributed by atoms with Gasteiger partial charge in [0.05, 0.1) is 16.0 Å². The highest BCUT2D eigenvalue weighted by atomic mass is 32.2. The fraction of sp³-hybridized carbons (Fsp3) is 0.317. The number of nitrogens with zero attached hydrogens (tertiary/aromatic N) is 4. The van der Waals surface area contributed by atoms with E-state index in [4.69, 9.17) is 4.74 Å². The number of hydrogen-bond acceptors (Lipinski definition) is 6. The molecule has 0 aliphatic carbocycles. The third-order valence-corrected chi connectivity index (χ3v) is 10.3. The van der Waals surface area contributed by atoms with Gasteiger partial charge in [-0.15, -0.1) is 11.8 Å². The van der Waals surface area contributed by atoms with Gasteiger partial charge in [-0.3, -0.25) is 9.59 Å². The van der Waals surface area contributed by atoms with Crippen LogP contribution in [0.5, 0.6) is 0 Å². The number of alkyl halides is 3. The molecular weight excluding hydrogens is 740 g/mol. The molecule has 5 aromatic rings. The summed E-state index contributed by atoms with van der Waals surface area (Å²) in [6, 6.07) is 20.2. The molecule has 55 heavy (non-hydrogen) atoms. The van der Waals surface area contributed by atoms with E-state index in [1.165, 1.54) is 36.5 Å². The van der Waals surface area contributed by atoms with E-state index in [2.05, 4.69) is 4.98 Å². The van der Waals surface area contributed by atoms with Crippen LogP contribution in [0, 0.1) is 11.6 Å². The lowest BCUT2D eigenvalue weighted by Crippen LogP contribution is -2.50. The summed E-state index contributed by atoms with van der Waals surface area (Å²) in [7, 11) is 0. The number of likely N-dealkylation sites (tertiary alicyclic amines) is 1. The fourth-order valence-electron chi connectivity index (χ4n) is 6.45. The van der Waals surface area contributed by atoms with E-state index in [1.807, 2.05) is 12.1 Å². The van der Waals surface area contributed by atoms with Crippen molar-refractivity contribution in [2.24, 2.45) is 0 Å². The van der Waals surface area contributed by atoms with Gasteiger partial charge >= 0.3 is 12.3 Å². The third kappa shape index (κ3) is 9.53. The van der Waals surface area contributed by atoms with Gasteiger partial charge in [0.2, 0.25) is 5.91 Å². The summed E-state index contributed by atoms with van der Waals surface area (Å²) in [6.07, 6.45) is -2.47. The zero-order valence-electron chi connectivity index (χ0n) is 30.4. The highest BCUT2D eigenvalue weighted by Crippen LogP contribution is 2.32. The van der Waals surface area contributed by atoms with Crippen molar-refractivity contribution in [3.8, 4) is 11.1 Å². The Bertz CT molecular complexity index is 2230. The zero-order valence-corrected chi connectivity index (χ0v) is 31.2. The number of piperidine rings is 1. The molecule has 0 radical (unpaired) electrons. The molecule has 1 aliphatic rings. The van der Waals surface area contributed by atoms with Crippen molar-refractivity contribution in [1.82, 2.24) is 19.4 Å².